The number of carbonyl (C=O) groups is 2. The highest BCUT2D eigenvalue weighted by molar-refractivity contribution is 6.13. The van der Waals surface area contributed by atoms with Crippen LogP contribution >= 0.6 is 0 Å². The number of rotatable bonds is 4. The van der Waals surface area contributed by atoms with Gasteiger partial charge in [0.15, 0.2) is 17.3 Å². The second-order valence-corrected chi connectivity index (χ2v) is 5.36. The number of ketones is 1. The Kier molecular flexibility index (Phi) is 4.14. The van der Waals surface area contributed by atoms with E-state index in [0.717, 1.165) is 18.5 Å². The van der Waals surface area contributed by atoms with Crippen molar-refractivity contribution in [2.24, 2.45) is 0 Å². The first-order chi connectivity index (χ1) is 11.1. The zero-order chi connectivity index (χ0) is 16.4. The molecule has 2 N–H and O–H groups in total. The Morgan fingerprint density at radius 3 is 2.96 bits per heavy atom. The first-order valence-corrected chi connectivity index (χ1v) is 7.57. The summed E-state index contributed by atoms with van der Waals surface area (Å²) in [5.41, 5.74) is 1.87. The summed E-state index contributed by atoms with van der Waals surface area (Å²) in [6.45, 7) is 2.13. The van der Waals surface area contributed by atoms with Gasteiger partial charge in [-0.25, -0.2) is 4.39 Å². The number of anilines is 1. The molecule has 1 aromatic heterocycles. The van der Waals surface area contributed by atoms with Crippen molar-refractivity contribution in [3.05, 3.63) is 47.0 Å². The molecule has 0 atom stereocenters. The molecule has 6 heteroatoms. The van der Waals surface area contributed by atoms with Gasteiger partial charge in [0, 0.05) is 30.1 Å². The first kappa shape index (κ1) is 15.3. The quantitative estimate of drug-likeness (QED) is 0.909. The third kappa shape index (κ3) is 2.97. The molecule has 1 aromatic carbocycles. The second-order valence-electron chi connectivity index (χ2n) is 5.36. The number of carbonyl (C=O) groups excluding carboxylic acids is 2. The van der Waals surface area contributed by atoms with Crippen molar-refractivity contribution in [1.29, 1.82) is 0 Å². The maximum atomic E-state index is 13.8. The molecule has 0 fully saturated rings. The topological polar surface area (TPSA) is 71.2 Å². The number of halogens is 1. The molecule has 1 amide bonds. The Morgan fingerprint density at radius 1 is 1.39 bits per heavy atom. The van der Waals surface area contributed by atoms with Crippen LogP contribution in [-0.4, -0.2) is 23.3 Å². The highest BCUT2D eigenvalue weighted by atomic mass is 19.1. The largest absolute Gasteiger partial charge is 0.491 e. The lowest BCUT2D eigenvalue weighted by Crippen LogP contribution is -2.18. The van der Waals surface area contributed by atoms with Crippen LogP contribution in [0.15, 0.2) is 24.4 Å². The molecule has 0 radical (unpaired) electrons. The average Bonchev–Trinajstić information content (AvgIpc) is 2.96. The maximum Gasteiger partial charge on any atom is 0.257 e. The Labute approximate surface area is 132 Å². The molecule has 2 aromatic rings. The fourth-order valence-electron chi connectivity index (χ4n) is 2.76. The Bertz CT molecular complexity index is 767. The number of H-pyrrole nitrogens is 1. The number of aryl methyl sites for hydroxylation is 1. The molecule has 0 saturated carbocycles. The number of nitrogens with one attached hydrogen (secondary N) is 2. The number of Topliss-reactive ketones (excluding diaryl/α,β-unsaturated/α-hetero) is 1. The molecule has 0 bridgehead atoms. The normalized spacial score (nSPS) is 13.6. The zero-order valence-corrected chi connectivity index (χ0v) is 12.7. The van der Waals surface area contributed by atoms with Crippen LogP contribution in [0.5, 0.6) is 5.75 Å². The smallest absolute Gasteiger partial charge is 0.257 e. The first-order valence-electron chi connectivity index (χ1n) is 7.57. The molecule has 0 unspecified atom stereocenters. The van der Waals surface area contributed by atoms with Crippen LogP contribution in [0.2, 0.25) is 0 Å². The lowest BCUT2D eigenvalue weighted by molar-refractivity contribution is 0.0956. The number of hydrogen-bond acceptors (Lipinski definition) is 3. The van der Waals surface area contributed by atoms with Crippen LogP contribution in [0.1, 0.15) is 46.2 Å². The maximum absolute atomic E-state index is 13.8. The van der Waals surface area contributed by atoms with E-state index in [1.807, 2.05) is 0 Å². The van der Waals surface area contributed by atoms with E-state index in [1.165, 1.54) is 18.3 Å². The molecule has 1 aliphatic rings. The number of fused-ring (bicyclic) bond motifs is 1. The van der Waals surface area contributed by atoms with E-state index in [-0.39, 0.29) is 11.5 Å². The van der Waals surface area contributed by atoms with E-state index < -0.39 is 11.7 Å². The third-order valence-electron chi connectivity index (χ3n) is 3.81. The van der Waals surface area contributed by atoms with Gasteiger partial charge >= 0.3 is 0 Å². The molecule has 3 rings (SSSR count). The zero-order valence-electron chi connectivity index (χ0n) is 12.7. The number of hydrogen-bond donors (Lipinski definition) is 2. The molecule has 23 heavy (non-hydrogen) atoms. The van der Waals surface area contributed by atoms with Gasteiger partial charge in [0.2, 0.25) is 0 Å². The molecule has 120 valence electrons. The summed E-state index contributed by atoms with van der Waals surface area (Å²) < 4.78 is 18.9. The minimum absolute atomic E-state index is 0.0319. The fraction of sp³-hybridized carbons (Fsp3) is 0.294. The van der Waals surface area contributed by atoms with Crippen LogP contribution in [0.25, 0.3) is 0 Å². The fourth-order valence-corrected chi connectivity index (χ4v) is 2.76. The van der Waals surface area contributed by atoms with Gasteiger partial charge in [0.1, 0.15) is 0 Å². The lowest BCUT2D eigenvalue weighted by Gasteiger charge is -2.12. The van der Waals surface area contributed by atoms with E-state index in [1.54, 1.807) is 13.0 Å². The standard InChI is InChI=1S/C17H17FN2O3/c1-2-23-15-7-6-10(8-12(15)18)20-17(22)11-9-19-13-4-3-5-14(21)16(11)13/h6-9,19H,2-5H2,1H3,(H,20,22). The highest BCUT2D eigenvalue weighted by Gasteiger charge is 2.25. The molecule has 0 saturated heterocycles. The van der Waals surface area contributed by atoms with Crippen molar-refractivity contribution >= 4 is 17.4 Å². The van der Waals surface area contributed by atoms with Gasteiger partial charge in [0.05, 0.1) is 17.7 Å². The minimum atomic E-state index is -0.545. The number of aromatic amines is 1. The van der Waals surface area contributed by atoms with Gasteiger partial charge in [-0.05, 0) is 31.9 Å². The van der Waals surface area contributed by atoms with E-state index in [2.05, 4.69) is 10.3 Å². The van der Waals surface area contributed by atoms with E-state index in [4.69, 9.17) is 4.74 Å². The predicted octanol–water partition coefficient (Wildman–Crippen LogP) is 3.32. The molecule has 1 aliphatic carbocycles. The number of aromatic nitrogens is 1. The van der Waals surface area contributed by atoms with Gasteiger partial charge in [-0.3, -0.25) is 9.59 Å². The van der Waals surface area contributed by atoms with Crippen molar-refractivity contribution in [2.45, 2.75) is 26.2 Å². The second kappa shape index (κ2) is 6.24. The number of benzene rings is 1. The van der Waals surface area contributed by atoms with Crippen molar-refractivity contribution in [3.63, 3.8) is 0 Å². The number of amides is 1. The van der Waals surface area contributed by atoms with E-state index in [9.17, 15) is 14.0 Å². The molecule has 0 aliphatic heterocycles. The summed E-state index contributed by atoms with van der Waals surface area (Å²) in [4.78, 5) is 27.4. The SMILES string of the molecule is CCOc1ccc(NC(=O)c2c[nH]c3c2C(=O)CCC3)cc1F. The van der Waals surface area contributed by atoms with Crippen LogP contribution in [-0.2, 0) is 6.42 Å². The van der Waals surface area contributed by atoms with Gasteiger partial charge in [-0.2, -0.15) is 0 Å². The van der Waals surface area contributed by atoms with Crippen LogP contribution in [0, 0.1) is 5.82 Å². The van der Waals surface area contributed by atoms with Crippen LogP contribution in [0.4, 0.5) is 10.1 Å². The summed E-state index contributed by atoms with van der Waals surface area (Å²) in [7, 11) is 0. The summed E-state index contributed by atoms with van der Waals surface area (Å²) in [5.74, 6) is -0.867. The van der Waals surface area contributed by atoms with Gasteiger partial charge in [0.25, 0.3) is 5.91 Å². The van der Waals surface area contributed by atoms with Crippen LogP contribution in [0.3, 0.4) is 0 Å². The molecular weight excluding hydrogens is 299 g/mol. The van der Waals surface area contributed by atoms with Crippen molar-refractivity contribution in [2.75, 3.05) is 11.9 Å². The molecular formula is C17H17FN2O3. The summed E-state index contributed by atoms with van der Waals surface area (Å²) in [5, 5.41) is 2.62. The van der Waals surface area contributed by atoms with Crippen molar-refractivity contribution in [3.8, 4) is 5.75 Å². The Morgan fingerprint density at radius 2 is 2.22 bits per heavy atom. The van der Waals surface area contributed by atoms with E-state index >= 15 is 0 Å². The summed E-state index contributed by atoms with van der Waals surface area (Å²) in [6, 6.07) is 4.23. The molecule has 5 nitrogen and oxygen atoms in total. The monoisotopic (exact) mass is 316 g/mol. The molecule has 0 spiro atoms. The lowest BCUT2D eigenvalue weighted by atomic mass is 9.93. The summed E-state index contributed by atoms with van der Waals surface area (Å²) >= 11 is 0. The van der Waals surface area contributed by atoms with Gasteiger partial charge in [-0.1, -0.05) is 0 Å². The average molecular weight is 316 g/mol. The van der Waals surface area contributed by atoms with Crippen molar-refractivity contribution < 1.29 is 18.7 Å². The summed E-state index contributed by atoms with van der Waals surface area (Å²) in [6.07, 6.45) is 3.53. The van der Waals surface area contributed by atoms with E-state index in [0.29, 0.717) is 29.8 Å². The Balaban J connectivity index is 1.81. The molecule has 1 heterocycles. The number of ether oxygens (including phenoxy) is 1. The van der Waals surface area contributed by atoms with Gasteiger partial charge in [-0.15, -0.1) is 0 Å². The predicted molar refractivity (Wildman–Crippen MR) is 83.6 cm³/mol. The third-order valence-corrected chi connectivity index (χ3v) is 3.81. The van der Waals surface area contributed by atoms with Crippen molar-refractivity contribution in [1.82, 2.24) is 4.98 Å². The Hall–Kier alpha value is -2.63. The highest BCUT2D eigenvalue weighted by Crippen LogP contribution is 2.26. The minimum Gasteiger partial charge on any atom is -0.491 e. The van der Waals surface area contributed by atoms with Crippen LogP contribution < -0.4 is 10.1 Å². The van der Waals surface area contributed by atoms with Gasteiger partial charge < -0.3 is 15.0 Å².